The highest BCUT2D eigenvalue weighted by atomic mass is 19.4. The monoisotopic (exact) mass is 540 g/mol. The van der Waals surface area contributed by atoms with Crippen molar-refractivity contribution in [2.24, 2.45) is 5.92 Å². The number of alkyl halides is 3. The number of nitrogens with zero attached hydrogens (tertiary/aromatic N) is 3. The number of carbonyl (C=O) groups excluding carboxylic acids is 1. The summed E-state index contributed by atoms with van der Waals surface area (Å²) in [5.41, 5.74) is 1.49. The second kappa shape index (κ2) is 11.6. The number of carbonyl (C=O) groups is 1. The first-order valence-corrected chi connectivity index (χ1v) is 13.2. The second-order valence-corrected chi connectivity index (χ2v) is 10.9. The van der Waals surface area contributed by atoms with Crippen LogP contribution in [0.25, 0.3) is 11.4 Å². The van der Waals surface area contributed by atoms with Crippen molar-refractivity contribution in [3.63, 3.8) is 0 Å². The summed E-state index contributed by atoms with van der Waals surface area (Å²) in [4.78, 5) is 26.3. The van der Waals surface area contributed by atoms with Crippen LogP contribution in [0.1, 0.15) is 63.1 Å². The summed E-state index contributed by atoms with van der Waals surface area (Å²) in [6.07, 6.45) is -1.78. The highest BCUT2D eigenvalue weighted by Gasteiger charge is 2.33. The van der Waals surface area contributed by atoms with Crippen molar-refractivity contribution in [1.29, 1.82) is 0 Å². The lowest BCUT2D eigenvalue weighted by molar-refractivity contribution is -0.138. The molecule has 0 radical (unpaired) electrons. The Kier molecular flexibility index (Phi) is 8.42. The van der Waals surface area contributed by atoms with Gasteiger partial charge in [-0.2, -0.15) is 28.1 Å². The molecule has 4 rings (SSSR count). The summed E-state index contributed by atoms with van der Waals surface area (Å²) < 4.78 is 39.7. The number of hydrogen-bond donors (Lipinski definition) is 3. The fourth-order valence-electron chi connectivity index (χ4n) is 4.76. The number of amides is 1. The normalized spacial score (nSPS) is 17.9. The van der Waals surface area contributed by atoms with Crippen LogP contribution in [0.4, 0.5) is 25.1 Å². The molecule has 0 saturated heterocycles. The van der Waals surface area contributed by atoms with Crippen molar-refractivity contribution in [1.82, 2.24) is 20.3 Å². The summed E-state index contributed by atoms with van der Waals surface area (Å²) in [5, 5.41) is 9.07. The standard InChI is InChI=1S/C29H35F3N6O/c1-28(2,3)21-13-9-18(10-14-21)24-36-26(33-4)38-27(37-24)35-22-15-11-19(12-16-22)25(39)34-17-20-7-5-6-8-23(20)29(30,31)32/h5-10,13-14,19,22H,11-12,15-17H2,1-4H3,(H,34,39)(H2,33,35,36,37,38). The van der Waals surface area contributed by atoms with Crippen LogP contribution in [-0.4, -0.2) is 33.9 Å². The number of benzene rings is 2. The molecule has 1 saturated carbocycles. The van der Waals surface area contributed by atoms with Crippen LogP contribution in [-0.2, 0) is 22.9 Å². The molecule has 0 spiro atoms. The summed E-state index contributed by atoms with van der Waals surface area (Å²) >= 11 is 0. The Bertz CT molecular complexity index is 1280. The van der Waals surface area contributed by atoms with Crippen LogP contribution in [0.2, 0.25) is 0 Å². The van der Waals surface area contributed by atoms with E-state index in [1.165, 1.54) is 17.7 Å². The average Bonchev–Trinajstić information content (AvgIpc) is 2.91. The molecule has 7 nitrogen and oxygen atoms in total. The molecule has 1 aromatic heterocycles. The number of hydrogen-bond acceptors (Lipinski definition) is 6. The molecule has 0 aliphatic heterocycles. The van der Waals surface area contributed by atoms with Crippen molar-refractivity contribution in [3.05, 3.63) is 65.2 Å². The fraction of sp³-hybridized carbons (Fsp3) is 0.448. The van der Waals surface area contributed by atoms with Gasteiger partial charge in [-0.05, 0) is 48.3 Å². The van der Waals surface area contributed by atoms with E-state index in [0.29, 0.717) is 43.4 Å². The van der Waals surface area contributed by atoms with Crippen LogP contribution in [0.3, 0.4) is 0 Å². The Balaban J connectivity index is 1.35. The van der Waals surface area contributed by atoms with E-state index in [2.05, 4.69) is 63.8 Å². The van der Waals surface area contributed by atoms with Gasteiger partial charge in [0.25, 0.3) is 0 Å². The van der Waals surface area contributed by atoms with Gasteiger partial charge in [-0.1, -0.05) is 63.2 Å². The van der Waals surface area contributed by atoms with Crippen LogP contribution >= 0.6 is 0 Å². The molecular weight excluding hydrogens is 505 g/mol. The van der Waals surface area contributed by atoms with Gasteiger partial charge >= 0.3 is 6.18 Å². The molecule has 39 heavy (non-hydrogen) atoms. The van der Waals surface area contributed by atoms with Crippen LogP contribution in [0, 0.1) is 5.92 Å². The van der Waals surface area contributed by atoms with E-state index < -0.39 is 11.7 Å². The van der Waals surface area contributed by atoms with Gasteiger partial charge < -0.3 is 16.0 Å². The molecule has 1 aliphatic carbocycles. The predicted molar refractivity (Wildman–Crippen MR) is 146 cm³/mol. The Morgan fingerprint density at radius 2 is 1.54 bits per heavy atom. The van der Waals surface area contributed by atoms with E-state index in [-0.39, 0.29) is 35.4 Å². The van der Waals surface area contributed by atoms with Gasteiger partial charge in [-0.15, -0.1) is 0 Å². The van der Waals surface area contributed by atoms with Gasteiger partial charge in [-0.25, -0.2) is 0 Å². The molecule has 3 aromatic rings. The van der Waals surface area contributed by atoms with E-state index in [4.69, 9.17) is 0 Å². The number of rotatable bonds is 7. The minimum Gasteiger partial charge on any atom is -0.357 e. The van der Waals surface area contributed by atoms with Gasteiger partial charge in [0.05, 0.1) is 5.56 Å². The lowest BCUT2D eigenvalue weighted by atomic mass is 9.85. The van der Waals surface area contributed by atoms with Crippen LogP contribution < -0.4 is 16.0 Å². The highest BCUT2D eigenvalue weighted by molar-refractivity contribution is 5.78. The Morgan fingerprint density at radius 1 is 0.897 bits per heavy atom. The minimum atomic E-state index is -4.46. The Morgan fingerprint density at radius 3 is 2.15 bits per heavy atom. The maximum absolute atomic E-state index is 13.2. The molecule has 0 bridgehead atoms. The van der Waals surface area contributed by atoms with Crippen molar-refractivity contribution < 1.29 is 18.0 Å². The second-order valence-electron chi connectivity index (χ2n) is 10.9. The topological polar surface area (TPSA) is 91.8 Å². The third-order valence-electron chi connectivity index (χ3n) is 7.08. The zero-order valence-electron chi connectivity index (χ0n) is 22.7. The molecule has 1 aliphatic rings. The third-order valence-corrected chi connectivity index (χ3v) is 7.08. The molecule has 2 aromatic carbocycles. The maximum atomic E-state index is 13.2. The molecule has 208 valence electrons. The molecule has 1 amide bonds. The summed E-state index contributed by atoms with van der Waals surface area (Å²) in [6.45, 7) is 6.34. The molecule has 0 unspecified atom stereocenters. The number of nitrogens with one attached hydrogen (secondary N) is 3. The fourth-order valence-corrected chi connectivity index (χ4v) is 4.76. The van der Waals surface area contributed by atoms with Crippen LogP contribution in [0.15, 0.2) is 48.5 Å². The first-order valence-electron chi connectivity index (χ1n) is 13.2. The molecule has 3 N–H and O–H groups in total. The number of anilines is 2. The van der Waals surface area contributed by atoms with Gasteiger partial charge in [-0.3, -0.25) is 4.79 Å². The number of aromatic nitrogens is 3. The Hall–Kier alpha value is -3.69. The summed E-state index contributed by atoms with van der Waals surface area (Å²) in [6, 6.07) is 13.6. The summed E-state index contributed by atoms with van der Waals surface area (Å²) in [5.74, 6) is 1.01. The van der Waals surface area contributed by atoms with E-state index in [9.17, 15) is 18.0 Å². The average molecular weight is 541 g/mol. The lowest BCUT2D eigenvalue weighted by Crippen LogP contribution is -2.36. The van der Waals surface area contributed by atoms with Gasteiger partial charge in [0.15, 0.2) is 5.82 Å². The predicted octanol–water partition coefficient (Wildman–Crippen LogP) is 6.18. The largest absolute Gasteiger partial charge is 0.416 e. The molecule has 1 heterocycles. The van der Waals surface area contributed by atoms with Crippen molar-refractivity contribution in [2.75, 3.05) is 17.7 Å². The zero-order chi connectivity index (χ0) is 28.2. The van der Waals surface area contributed by atoms with E-state index >= 15 is 0 Å². The Labute approximate surface area is 227 Å². The molecule has 0 atom stereocenters. The minimum absolute atomic E-state index is 0.0454. The lowest BCUT2D eigenvalue weighted by Gasteiger charge is -2.28. The zero-order valence-corrected chi connectivity index (χ0v) is 22.7. The SMILES string of the molecule is CNc1nc(NC2CCC(C(=O)NCc3ccccc3C(F)(F)F)CC2)nc(-c2ccc(C(C)(C)C)cc2)n1. The first kappa shape index (κ1) is 28.3. The van der Waals surface area contributed by atoms with E-state index in [0.717, 1.165) is 11.6 Å². The van der Waals surface area contributed by atoms with Gasteiger partial charge in [0.2, 0.25) is 17.8 Å². The maximum Gasteiger partial charge on any atom is 0.416 e. The summed E-state index contributed by atoms with van der Waals surface area (Å²) in [7, 11) is 1.75. The molecule has 1 fully saturated rings. The number of halogens is 3. The van der Waals surface area contributed by atoms with Crippen molar-refractivity contribution in [2.45, 2.75) is 70.6 Å². The highest BCUT2D eigenvalue weighted by Crippen LogP contribution is 2.32. The van der Waals surface area contributed by atoms with Crippen molar-refractivity contribution >= 4 is 17.8 Å². The van der Waals surface area contributed by atoms with Gasteiger partial charge in [0, 0.05) is 31.1 Å². The smallest absolute Gasteiger partial charge is 0.357 e. The van der Waals surface area contributed by atoms with Crippen LogP contribution in [0.5, 0.6) is 0 Å². The molecular formula is C29H35F3N6O. The van der Waals surface area contributed by atoms with Crippen molar-refractivity contribution in [3.8, 4) is 11.4 Å². The van der Waals surface area contributed by atoms with E-state index in [1.807, 2.05) is 12.1 Å². The van der Waals surface area contributed by atoms with E-state index in [1.54, 1.807) is 13.1 Å². The molecule has 10 heteroatoms. The first-order chi connectivity index (χ1) is 18.4. The third kappa shape index (κ3) is 7.25. The van der Waals surface area contributed by atoms with Gasteiger partial charge in [0.1, 0.15) is 0 Å². The quantitative estimate of drug-likeness (QED) is 0.331.